The molecule has 2 amide bonds. The second kappa shape index (κ2) is 12.2. The Kier molecular flexibility index (Phi) is 8.78. The lowest BCUT2D eigenvalue weighted by Crippen LogP contribution is -2.44. The average molecular weight is 538 g/mol. The molecule has 2 N–H and O–H groups in total. The van der Waals surface area contributed by atoms with Crippen molar-refractivity contribution in [2.45, 2.75) is 19.6 Å². The number of nitrogens with zero attached hydrogens (tertiary/aromatic N) is 3. The second-order valence-corrected chi connectivity index (χ2v) is 9.54. The number of anilines is 2. The molecular weight excluding hydrogens is 507 g/mol. The summed E-state index contributed by atoms with van der Waals surface area (Å²) in [5, 5.41) is 5.40. The standard InChI is InChI=1S/C29H30F3N5O2/c1-20-5-9-24(17-26(20)35-27(38)10-6-21-4-3-11-33-18-21)34-28(39)22-7-8-23(25(16-22)29(30,31)32)19-37-14-12-36(2)13-15-37/h3-11,16-18H,12-15,19H2,1-2H3,(H,34,39)(H,35,38)/b10-6+. The first-order chi connectivity index (χ1) is 18.6. The van der Waals surface area contributed by atoms with E-state index in [2.05, 4.69) is 20.5 Å². The van der Waals surface area contributed by atoms with Crippen LogP contribution in [-0.2, 0) is 17.5 Å². The van der Waals surface area contributed by atoms with Crippen LogP contribution in [0.5, 0.6) is 0 Å². The predicted molar refractivity (Wildman–Crippen MR) is 145 cm³/mol. The van der Waals surface area contributed by atoms with E-state index in [9.17, 15) is 22.8 Å². The number of hydrogen-bond acceptors (Lipinski definition) is 5. The van der Waals surface area contributed by atoms with Gasteiger partial charge in [0.2, 0.25) is 5.91 Å². The monoisotopic (exact) mass is 537 g/mol. The van der Waals surface area contributed by atoms with Crippen molar-refractivity contribution in [2.75, 3.05) is 43.9 Å². The lowest BCUT2D eigenvalue weighted by atomic mass is 10.0. The van der Waals surface area contributed by atoms with E-state index in [1.54, 1.807) is 55.7 Å². The number of carbonyl (C=O) groups excluding carboxylic acids is 2. The van der Waals surface area contributed by atoms with Crippen molar-refractivity contribution in [3.63, 3.8) is 0 Å². The van der Waals surface area contributed by atoms with Gasteiger partial charge in [-0.1, -0.05) is 18.2 Å². The Bertz CT molecular complexity index is 1350. The van der Waals surface area contributed by atoms with Gasteiger partial charge in [0.1, 0.15) is 0 Å². The number of nitrogens with one attached hydrogen (secondary N) is 2. The number of aromatic nitrogens is 1. The molecule has 0 spiro atoms. The van der Waals surface area contributed by atoms with Crippen LogP contribution in [0.25, 0.3) is 6.08 Å². The van der Waals surface area contributed by atoms with Crippen molar-refractivity contribution >= 4 is 29.3 Å². The highest BCUT2D eigenvalue weighted by Gasteiger charge is 2.34. The van der Waals surface area contributed by atoms with Crippen molar-refractivity contribution in [2.24, 2.45) is 0 Å². The van der Waals surface area contributed by atoms with Gasteiger partial charge in [-0.3, -0.25) is 19.5 Å². The zero-order valence-corrected chi connectivity index (χ0v) is 21.8. The van der Waals surface area contributed by atoms with Crippen LogP contribution in [0.4, 0.5) is 24.5 Å². The zero-order valence-electron chi connectivity index (χ0n) is 21.8. The van der Waals surface area contributed by atoms with Crippen LogP contribution in [0.2, 0.25) is 0 Å². The van der Waals surface area contributed by atoms with E-state index in [1.165, 1.54) is 18.2 Å². The predicted octanol–water partition coefficient (Wildman–Crippen LogP) is 5.06. The summed E-state index contributed by atoms with van der Waals surface area (Å²) in [6, 6.07) is 12.2. The number of piperazine rings is 1. The maximum atomic E-state index is 13.9. The van der Waals surface area contributed by atoms with E-state index < -0.39 is 17.6 Å². The first-order valence-corrected chi connectivity index (χ1v) is 12.5. The number of halogens is 3. The van der Waals surface area contributed by atoms with Gasteiger partial charge in [-0.15, -0.1) is 0 Å². The normalized spacial score (nSPS) is 14.9. The van der Waals surface area contributed by atoms with Gasteiger partial charge in [0.15, 0.2) is 0 Å². The van der Waals surface area contributed by atoms with Gasteiger partial charge in [0.05, 0.1) is 5.56 Å². The molecule has 2 heterocycles. The molecule has 0 unspecified atom stereocenters. The minimum Gasteiger partial charge on any atom is -0.322 e. The molecule has 3 aromatic rings. The Hall–Kier alpha value is -4.02. The minimum absolute atomic E-state index is 0.102. The minimum atomic E-state index is -4.59. The number of pyridine rings is 1. The van der Waals surface area contributed by atoms with Gasteiger partial charge in [-0.2, -0.15) is 13.2 Å². The third kappa shape index (κ3) is 7.75. The maximum Gasteiger partial charge on any atom is 0.416 e. The molecule has 1 aliphatic heterocycles. The highest BCUT2D eigenvalue weighted by molar-refractivity contribution is 6.06. The Balaban J connectivity index is 1.46. The van der Waals surface area contributed by atoms with Crippen molar-refractivity contribution in [3.05, 3.63) is 94.8 Å². The van der Waals surface area contributed by atoms with Crippen LogP contribution >= 0.6 is 0 Å². The molecular formula is C29H30F3N5O2. The van der Waals surface area contributed by atoms with Crippen LogP contribution in [0.15, 0.2) is 67.0 Å². The van der Waals surface area contributed by atoms with Crippen LogP contribution in [-0.4, -0.2) is 59.8 Å². The Labute approximate surface area is 225 Å². The number of hydrogen-bond donors (Lipinski definition) is 2. The highest BCUT2D eigenvalue weighted by atomic mass is 19.4. The molecule has 4 rings (SSSR count). The topological polar surface area (TPSA) is 77.6 Å². The highest BCUT2D eigenvalue weighted by Crippen LogP contribution is 2.34. The first kappa shape index (κ1) is 28.0. The van der Waals surface area contributed by atoms with E-state index in [4.69, 9.17) is 0 Å². The summed E-state index contributed by atoms with van der Waals surface area (Å²) in [6.45, 7) is 4.91. The van der Waals surface area contributed by atoms with Gasteiger partial charge in [0.25, 0.3) is 5.91 Å². The number of carbonyl (C=O) groups is 2. The molecule has 1 saturated heterocycles. The summed E-state index contributed by atoms with van der Waals surface area (Å²) in [4.78, 5) is 33.4. The second-order valence-electron chi connectivity index (χ2n) is 9.54. The zero-order chi connectivity index (χ0) is 28.0. The molecule has 204 valence electrons. The van der Waals surface area contributed by atoms with Gasteiger partial charge in [0, 0.05) is 68.1 Å². The fraction of sp³-hybridized carbons (Fsp3) is 0.276. The Morgan fingerprint density at radius 1 is 1.03 bits per heavy atom. The van der Waals surface area contributed by atoms with E-state index >= 15 is 0 Å². The summed E-state index contributed by atoms with van der Waals surface area (Å²) in [5.74, 6) is -1.06. The van der Waals surface area contributed by atoms with Crippen molar-refractivity contribution in [1.82, 2.24) is 14.8 Å². The summed E-state index contributed by atoms with van der Waals surface area (Å²) >= 11 is 0. The number of likely N-dealkylation sites (N-methyl/N-ethyl adjacent to an activating group) is 1. The lowest BCUT2D eigenvalue weighted by molar-refractivity contribution is -0.138. The fourth-order valence-electron chi connectivity index (χ4n) is 4.22. The average Bonchev–Trinajstić information content (AvgIpc) is 2.91. The van der Waals surface area contributed by atoms with Crippen LogP contribution in [0.3, 0.4) is 0 Å². The summed E-state index contributed by atoms with van der Waals surface area (Å²) < 4.78 is 41.8. The van der Waals surface area contributed by atoms with Crippen LogP contribution in [0.1, 0.15) is 32.6 Å². The van der Waals surface area contributed by atoms with Gasteiger partial charge in [-0.25, -0.2) is 0 Å². The third-order valence-electron chi connectivity index (χ3n) is 6.53. The number of aryl methyl sites for hydroxylation is 1. The molecule has 1 fully saturated rings. The molecule has 0 bridgehead atoms. The number of amides is 2. The molecule has 0 aliphatic carbocycles. The molecule has 39 heavy (non-hydrogen) atoms. The molecule has 10 heteroatoms. The van der Waals surface area contributed by atoms with Crippen LogP contribution < -0.4 is 10.6 Å². The largest absolute Gasteiger partial charge is 0.416 e. The molecule has 1 aromatic heterocycles. The molecule has 1 aliphatic rings. The summed E-state index contributed by atoms with van der Waals surface area (Å²) in [7, 11) is 1.98. The molecule has 0 saturated carbocycles. The van der Waals surface area contributed by atoms with E-state index in [0.29, 0.717) is 24.5 Å². The first-order valence-electron chi connectivity index (χ1n) is 12.5. The van der Waals surface area contributed by atoms with Crippen molar-refractivity contribution < 1.29 is 22.8 Å². The van der Waals surface area contributed by atoms with Crippen LogP contribution in [0, 0.1) is 6.92 Å². The Morgan fingerprint density at radius 3 is 2.49 bits per heavy atom. The summed E-state index contributed by atoms with van der Waals surface area (Å²) in [5.41, 5.74) is 1.55. The lowest BCUT2D eigenvalue weighted by Gasteiger charge is -2.33. The molecule has 2 aromatic carbocycles. The molecule has 0 radical (unpaired) electrons. The third-order valence-corrected chi connectivity index (χ3v) is 6.53. The van der Waals surface area contributed by atoms with E-state index in [1.807, 2.05) is 11.9 Å². The smallest absolute Gasteiger partial charge is 0.322 e. The number of rotatable bonds is 7. The number of benzene rings is 2. The molecule has 7 nitrogen and oxygen atoms in total. The quantitative estimate of drug-likeness (QED) is 0.412. The van der Waals surface area contributed by atoms with Crippen molar-refractivity contribution in [1.29, 1.82) is 0 Å². The van der Waals surface area contributed by atoms with Gasteiger partial charge >= 0.3 is 6.18 Å². The fourth-order valence-corrected chi connectivity index (χ4v) is 4.22. The summed E-state index contributed by atoms with van der Waals surface area (Å²) in [6.07, 6.45) is 1.64. The number of alkyl halides is 3. The maximum absolute atomic E-state index is 13.9. The van der Waals surface area contributed by atoms with E-state index in [0.717, 1.165) is 30.3 Å². The molecule has 0 atom stereocenters. The SMILES string of the molecule is Cc1ccc(NC(=O)c2ccc(CN3CCN(C)CC3)c(C(F)(F)F)c2)cc1NC(=O)/C=C/c1cccnc1. The van der Waals surface area contributed by atoms with Crippen molar-refractivity contribution in [3.8, 4) is 0 Å². The van der Waals surface area contributed by atoms with E-state index in [-0.39, 0.29) is 23.6 Å². The van der Waals surface area contributed by atoms with Gasteiger partial charge < -0.3 is 15.5 Å². The Morgan fingerprint density at radius 2 is 1.79 bits per heavy atom. The van der Waals surface area contributed by atoms with Gasteiger partial charge in [-0.05, 0) is 67.1 Å².